The van der Waals surface area contributed by atoms with E-state index in [1.807, 2.05) is 19.1 Å². The van der Waals surface area contributed by atoms with Crippen LogP contribution < -0.4 is 15.5 Å². The number of benzene rings is 2. The van der Waals surface area contributed by atoms with E-state index >= 15 is 0 Å². The molecule has 2 aliphatic heterocycles. The number of carbonyl (C=O) groups excluding carboxylic acids is 1. The van der Waals surface area contributed by atoms with Gasteiger partial charge in [-0.1, -0.05) is 30.3 Å². The van der Waals surface area contributed by atoms with Gasteiger partial charge in [-0.25, -0.2) is 0 Å². The summed E-state index contributed by atoms with van der Waals surface area (Å²) in [6.07, 6.45) is 0.997. The number of fused-ring (bicyclic) bond motifs is 1. The van der Waals surface area contributed by atoms with Crippen molar-refractivity contribution in [3.05, 3.63) is 59.7 Å². The summed E-state index contributed by atoms with van der Waals surface area (Å²) in [6, 6.07) is 16.4. The molecular weight excluding hydrogens is 326 g/mol. The Balaban J connectivity index is 1.37. The second-order valence-corrected chi connectivity index (χ2v) is 6.99. The van der Waals surface area contributed by atoms with Crippen LogP contribution in [-0.2, 0) is 22.5 Å². The van der Waals surface area contributed by atoms with Gasteiger partial charge in [-0.2, -0.15) is 0 Å². The molecule has 4 rings (SSSR count). The maximum absolute atomic E-state index is 12.4. The van der Waals surface area contributed by atoms with Gasteiger partial charge in [0.1, 0.15) is 6.04 Å². The molecule has 26 heavy (non-hydrogen) atoms. The Bertz CT molecular complexity index is 775. The minimum absolute atomic E-state index is 0.0431. The highest BCUT2D eigenvalue weighted by atomic mass is 16.5. The Morgan fingerprint density at radius 3 is 2.85 bits per heavy atom. The van der Waals surface area contributed by atoms with Gasteiger partial charge in [0, 0.05) is 31.0 Å². The summed E-state index contributed by atoms with van der Waals surface area (Å²) < 4.78 is 5.54. The summed E-state index contributed by atoms with van der Waals surface area (Å²) in [6.45, 7) is 5.23. The van der Waals surface area contributed by atoms with E-state index in [0.717, 1.165) is 25.2 Å². The number of hydrogen-bond acceptors (Lipinski definition) is 4. The van der Waals surface area contributed by atoms with E-state index in [-0.39, 0.29) is 18.1 Å². The van der Waals surface area contributed by atoms with Gasteiger partial charge < -0.3 is 20.3 Å². The molecule has 2 aromatic rings. The smallest absolute Gasteiger partial charge is 0.244 e. The molecule has 2 atom stereocenters. The van der Waals surface area contributed by atoms with Gasteiger partial charge in [0.25, 0.3) is 0 Å². The molecule has 1 amide bonds. The third-order valence-corrected chi connectivity index (χ3v) is 5.18. The van der Waals surface area contributed by atoms with Crippen LogP contribution in [0, 0.1) is 0 Å². The van der Waals surface area contributed by atoms with E-state index in [9.17, 15) is 4.79 Å². The molecule has 2 heterocycles. The number of carbonyl (C=O) groups is 1. The lowest BCUT2D eigenvalue weighted by atomic mass is 10.1. The van der Waals surface area contributed by atoms with E-state index in [0.29, 0.717) is 13.2 Å². The van der Waals surface area contributed by atoms with Crippen LogP contribution in [0.3, 0.4) is 0 Å². The standard InChI is InChI=1S/C21H25N3O2/c1-15-20(22-11-13-26-15)21(25)23-18-8-6-16(7-9-18)14-24-12-10-17-4-2-3-5-19(17)24/h2-9,15,20,22H,10-14H2,1H3,(H,23,25)/t15-,20+/m1/s1. The highest BCUT2D eigenvalue weighted by Gasteiger charge is 2.28. The van der Waals surface area contributed by atoms with Crippen LogP contribution in [0.4, 0.5) is 11.4 Å². The highest BCUT2D eigenvalue weighted by Crippen LogP contribution is 2.29. The zero-order chi connectivity index (χ0) is 17.9. The van der Waals surface area contributed by atoms with Crippen molar-refractivity contribution in [2.75, 3.05) is 29.9 Å². The molecular formula is C21H25N3O2. The van der Waals surface area contributed by atoms with Crippen LogP contribution in [0.25, 0.3) is 0 Å². The molecule has 5 nitrogen and oxygen atoms in total. The first-order valence-corrected chi connectivity index (χ1v) is 9.28. The van der Waals surface area contributed by atoms with Gasteiger partial charge in [-0.15, -0.1) is 0 Å². The van der Waals surface area contributed by atoms with Crippen molar-refractivity contribution < 1.29 is 9.53 Å². The Hall–Kier alpha value is -2.37. The van der Waals surface area contributed by atoms with Gasteiger partial charge in [-0.05, 0) is 42.7 Å². The van der Waals surface area contributed by atoms with Crippen molar-refractivity contribution in [3.63, 3.8) is 0 Å². The first kappa shape index (κ1) is 17.1. The maximum Gasteiger partial charge on any atom is 0.244 e. The third kappa shape index (κ3) is 3.59. The van der Waals surface area contributed by atoms with E-state index in [1.54, 1.807) is 0 Å². The molecule has 0 radical (unpaired) electrons. The molecule has 0 aliphatic carbocycles. The molecule has 2 N–H and O–H groups in total. The van der Waals surface area contributed by atoms with Gasteiger partial charge in [-0.3, -0.25) is 4.79 Å². The molecule has 0 unspecified atom stereocenters. The zero-order valence-electron chi connectivity index (χ0n) is 15.1. The maximum atomic E-state index is 12.4. The fourth-order valence-corrected chi connectivity index (χ4v) is 3.73. The minimum Gasteiger partial charge on any atom is -0.375 e. The second kappa shape index (κ2) is 7.48. The zero-order valence-corrected chi connectivity index (χ0v) is 15.1. The number of hydrogen-bond donors (Lipinski definition) is 2. The average Bonchev–Trinajstić information content (AvgIpc) is 3.07. The fraction of sp³-hybridized carbons (Fsp3) is 0.381. The molecule has 2 aliphatic rings. The lowest BCUT2D eigenvalue weighted by Crippen LogP contribution is -2.53. The molecule has 0 spiro atoms. The average molecular weight is 351 g/mol. The quantitative estimate of drug-likeness (QED) is 0.889. The van der Waals surface area contributed by atoms with Crippen LogP contribution in [0.5, 0.6) is 0 Å². The lowest BCUT2D eigenvalue weighted by molar-refractivity contribution is -0.123. The van der Waals surface area contributed by atoms with Crippen molar-refractivity contribution in [2.24, 2.45) is 0 Å². The Morgan fingerprint density at radius 2 is 2.04 bits per heavy atom. The van der Waals surface area contributed by atoms with Crippen molar-refractivity contribution in [3.8, 4) is 0 Å². The van der Waals surface area contributed by atoms with Crippen molar-refractivity contribution >= 4 is 17.3 Å². The number of nitrogens with one attached hydrogen (secondary N) is 2. The highest BCUT2D eigenvalue weighted by molar-refractivity contribution is 5.95. The largest absolute Gasteiger partial charge is 0.375 e. The predicted octanol–water partition coefficient (Wildman–Crippen LogP) is 2.56. The SMILES string of the molecule is C[C@H]1OCCN[C@@H]1C(=O)Nc1ccc(CN2CCc3ccccc32)cc1. The van der Waals surface area contributed by atoms with Gasteiger partial charge >= 0.3 is 0 Å². The number of rotatable bonds is 4. The summed E-state index contributed by atoms with van der Waals surface area (Å²) in [5, 5.41) is 6.20. The Morgan fingerprint density at radius 1 is 1.23 bits per heavy atom. The molecule has 0 saturated carbocycles. The van der Waals surface area contributed by atoms with Crippen LogP contribution in [0.2, 0.25) is 0 Å². The topological polar surface area (TPSA) is 53.6 Å². The molecule has 0 aromatic heterocycles. The Labute approximate surface area is 154 Å². The lowest BCUT2D eigenvalue weighted by Gasteiger charge is -2.29. The van der Waals surface area contributed by atoms with Crippen LogP contribution in [-0.4, -0.2) is 37.7 Å². The number of para-hydroxylation sites is 1. The van der Waals surface area contributed by atoms with Crippen LogP contribution >= 0.6 is 0 Å². The summed E-state index contributed by atoms with van der Waals surface area (Å²) in [5.74, 6) is -0.0431. The number of nitrogens with zero attached hydrogens (tertiary/aromatic N) is 1. The van der Waals surface area contributed by atoms with Gasteiger partial charge in [0.15, 0.2) is 0 Å². The normalized spacial score (nSPS) is 22.1. The molecule has 1 fully saturated rings. The molecule has 5 heteroatoms. The first-order valence-electron chi connectivity index (χ1n) is 9.28. The van der Waals surface area contributed by atoms with Gasteiger partial charge in [0.2, 0.25) is 5.91 Å². The summed E-state index contributed by atoms with van der Waals surface area (Å²) >= 11 is 0. The number of amides is 1. The second-order valence-electron chi connectivity index (χ2n) is 6.99. The summed E-state index contributed by atoms with van der Waals surface area (Å²) in [4.78, 5) is 14.8. The van der Waals surface area contributed by atoms with Crippen LogP contribution in [0.15, 0.2) is 48.5 Å². The summed E-state index contributed by atoms with van der Waals surface area (Å²) in [7, 11) is 0. The number of morpholine rings is 1. The first-order chi connectivity index (χ1) is 12.7. The van der Waals surface area contributed by atoms with E-state index in [4.69, 9.17) is 4.74 Å². The summed E-state index contributed by atoms with van der Waals surface area (Å²) in [5.41, 5.74) is 4.82. The van der Waals surface area contributed by atoms with E-state index in [2.05, 4.69) is 51.9 Å². The fourth-order valence-electron chi connectivity index (χ4n) is 3.73. The molecule has 1 saturated heterocycles. The van der Waals surface area contributed by atoms with Crippen molar-refractivity contribution in [2.45, 2.75) is 32.0 Å². The van der Waals surface area contributed by atoms with Crippen molar-refractivity contribution in [1.82, 2.24) is 5.32 Å². The van der Waals surface area contributed by atoms with E-state index < -0.39 is 0 Å². The van der Waals surface area contributed by atoms with Crippen LogP contribution in [0.1, 0.15) is 18.1 Å². The van der Waals surface area contributed by atoms with E-state index in [1.165, 1.54) is 16.8 Å². The Kier molecular flexibility index (Phi) is 4.91. The molecule has 136 valence electrons. The predicted molar refractivity (Wildman–Crippen MR) is 103 cm³/mol. The monoisotopic (exact) mass is 351 g/mol. The number of anilines is 2. The molecule has 2 aromatic carbocycles. The van der Waals surface area contributed by atoms with Gasteiger partial charge in [0.05, 0.1) is 12.7 Å². The third-order valence-electron chi connectivity index (χ3n) is 5.18. The molecule has 0 bridgehead atoms. The minimum atomic E-state index is -0.301. The number of ether oxygens (including phenoxy) is 1. The van der Waals surface area contributed by atoms with Crippen molar-refractivity contribution in [1.29, 1.82) is 0 Å².